The van der Waals surface area contributed by atoms with Gasteiger partial charge in [0.15, 0.2) is 5.84 Å². The van der Waals surface area contributed by atoms with Gasteiger partial charge in [-0.15, -0.1) is 0 Å². The van der Waals surface area contributed by atoms with E-state index in [2.05, 4.69) is 10.5 Å². The highest BCUT2D eigenvalue weighted by molar-refractivity contribution is 5.96. The predicted molar refractivity (Wildman–Crippen MR) is 81.1 cm³/mol. The van der Waals surface area contributed by atoms with Crippen LogP contribution in [0, 0.1) is 0 Å². The fourth-order valence-corrected chi connectivity index (χ4v) is 2.42. The van der Waals surface area contributed by atoms with Crippen LogP contribution in [0.5, 0.6) is 0 Å². The van der Waals surface area contributed by atoms with E-state index in [0.717, 1.165) is 31.5 Å². The molecule has 0 unspecified atom stereocenters. The minimum absolute atomic E-state index is 0.0924. The van der Waals surface area contributed by atoms with Crippen molar-refractivity contribution < 1.29 is 10.0 Å². The first kappa shape index (κ1) is 15.3. The van der Waals surface area contributed by atoms with Crippen molar-refractivity contribution in [2.45, 2.75) is 25.8 Å². The zero-order chi connectivity index (χ0) is 15.1. The fraction of sp³-hybridized carbons (Fsp3) is 0.467. The number of likely N-dealkylation sites (tertiary alicyclic amines) is 1. The Morgan fingerprint density at radius 1 is 1.24 bits per heavy atom. The van der Waals surface area contributed by atoms with E-state index in [4.69, 9.17) is 10.9 Å². The molecule has 1 heterocycles. The molecule has 0 aromatic heterocycles. The van der Waals surface area contributed by atoms with Crippen molar-refractivity contribution in [3.8, 4) is 0 Å². The smallest absolute Gasteiger partial charge is 0.236 e. The molecule has 0 atom stereocenters. The van der Waals surface area contributed by atoms with E-state index < -0.39 is 0 Å². The van der Waals surface area contributed by atoms with Crippen LogP contribution in [-0.2, 0) is 11.3 Å². The first-order valence-electron chi connectivity index (χ1n) is 7.26. The minimum atomic E-state index is 0.0924. The molecule has 2 rings (SSSR count). The lowest BCUT2D eigenvalue weighted by molar-refractivity contribution is -0.131. The van der Waals surface area contributed by atoms with Gasteiger partial charge in [0, 0.05) is 25.2 Å². The van der Waals surface area contributed by atoms with Crippen LogP contribution >= 0.6 is 0 Å². The Labute approximate surface area is 124 Å². The van der Waals surface area contributed by atoms with Crippen LogP contribution in [-0.4, -0.2) is 41.5 Å². The first-order valence-corrected chi connectivity index (χ1v) is 7.26. The molecule has 0 radical (unpaired) electrons. The molecule has 0 saturated carbocycles. The summed E-state index contributed by atoms with van der Waals surface area (Å²) in [5.41, 5.74) is 7.22. The summed E-state index contributed by atoms with van der Waals surface area (Å²) in [7, 11) is 0. The molecule has 4 N–H and O–H groups in total. The molecule has 1 aromatic carbocycles. The quantitative estimate of drug-likeness (QED) is 0.325. The van der Waals surface area contributed by atoms with Crippen LogP contribution in [0.25, 0.3) is 0 Å². The summed E-state index contributed by atoms with van der Waals surface area (Å²) in [5.74, 6) is 0.262. The third-order valence-electron chi connectivity index (χ3n) is 3.67. The number of carbonyl (C=O) groups is 1. The maximum atomic E-state index is 12.0. The average Bonchev–Trinajstić information content (AvgIpc) is 2.55. The third-order valence-corrected chi connectivity index (χ3v) is 3.67. The number of nitrogens with one attached hydrogen (secondary N) is 1. The summed E-state index contributed by atoms with van der Waals surface area (Å²) < 4.78 is 0. The molecule has 21 heavy (non-hydrogen) atoms. The largest absolute Gasteiger partial charge is 0.409 e. The number of hydrogen-bond acceptors (Lipinski definition) is 4. The Morgan fingerprint density at radius 2 is 1.90 bits per heavy atom. The lowest BCUT2D eigenvalue weighted by Gasteiger charge is -2.26. The van der Waals surface area contributed by atoms with Crippen LogP contribution in [0.2, 0.25) is 0 Å². The number of nitrogens with two attached hydrogens (primary N) is 1. The highest BCUT2D eigenvalue weighted by atomic mass is 16.4. The number of piperidine rings is 1. The van der Waals surface area contributed by atoms with Crippen LogP contribution in [0.15, 0.2) is 29.4 Å². The van der Waals surface area contributed by atoms with Crippen LogP contribution in [0.1, 0.15) is 30.4 Å². The second-order valence-corrected chi connectivity index (χ2v) is 5.23. The SMILES string of the molecule is N/C(=N/O)c1ccc(CNCC(=O)N2CCCCC2)cc1. The van der Waals surface area contributed by atoms with Gasteiger partial charge in [0.2, 0.25) is 5.91 Å². The van der Waals surface area contributed by atoms with Gasteiger partial charge in [-0.1, -0.05) is 29.4 Å². The number of benzene rings is 1. The van der Waals surface area contributed by atoms with Gasteiger partial charge in [-0.25, -0.2) is 0 Å². The van der Waals surface area contributed by atoms with Crippen LogP contribution < -0.4 is 11.1 Å². The predicted octanol–water partition coefficient (Wildman–Crippen LogP) is 0.883. The number of nitrogens with zero attached hydrogens (tertiary/aromatic N) is 2. The molecule has 0 aliphatic carbocycles. The van der Waals surface area contributed by atoms with Crippen LogP contribution in [0.3, 0.4) is 0 Å². The maximum Gasteiger partial charge on any atom is 0.236 e. The first-order chi connectivity index (χ1) is 10.2. The highest BCUT2D eigenvalue weighted by Crippen LogP contribution is 2.08. The van der Waals surface area contributed by atoms with E-state index in [1.54, 1.807) is 12.1 Å². The van der Waals surface area contributed by atoms with Crippen molar-refractivity contribution in [1.29, 1.82) is 0 Å². The molecule has 1 aliphatic rings. The van der Waals surface area contributed by atoms with Crippen LogP contribution in [0.4, 0.5) is 0 Å². The number of oxime groups is 1. The summed E-state index contributed by atoms with van der Waals surface area (Å²) in [6, 6.07) is 7.37. The number of carbonyl (C=O) groups excluding carboxylic acids is 1. The Hall–Kier alpha value is -2.08. The average molecular weight is 290 g/mol. The van der Waals surface area contributed by atoms with E-state index in [1.165, 1.54) is 6.42 Å². The maximum absolute atomic E-state index is 12.0. The van der Waals surface area contributed by atoms with Crippen molar-refractivity contribution in [1.82, 2.24) is 10.2 Å². The summed E-state index contributed by atoms with van der Waals surface area (Å²) >= 11 is 0. The molecular formula is C15H22N4O2. The van der Waals surface area contributed by atoms with Gasteiger partial charge in [-0.05, 0) is 24.8 Å². The van der Waals surface area contributed by atoms with E-state index in [0.29, 0.717) is 18.7 Å². The Morgan fingerprint density at radius 3 is 2.52 bits per heavy atom. The number of rotatable bonds is 5. The highest BCUT2D eigenvalue weighted by Gasteiger charge is 2.15. The molecular weight excluding hydrogens is 268 g/mol. The van der Waals surface area contributed by atoms with Gasteiger partial charge >= 0.3 is 0 Å². The second kappa shape index (κ2) is 7.64. The van der Waals surface area contributed by atoms with Gasteiger partial charge < -0.3 is 21.2 Å². The molecule has 1 saturated heterocycles. The molecule has 1 aliphatic heterocycles. The van der Waals surface area contributed by atoms with Gasteiger partial charge in [0.05, 0.1) is 6.54 Å². The van der Waals surface area contributed by atoms with E-state index in [1.807, 2.05) is 17.0 Å². The standard InChI is InChI=1S/C15H22N4O2/c16-15(18-21)13-6-4-12(5-7-13)10-17-11-14(20)19-8-2-1-3-9-19/h4-7,17,21H,1-3,8-11H2,(H2,16,18). The molecule has 6 nitrogen and oxygen atoms in total. The van der Waals surface area contributed by atoms with Crippen molar-refractivity contribution in [3.05, 3.63) is 35.4 Å². The summed E-state index contributed by atoms with van der Waals surface area (Å²) in [4.78, 5) is 13.9. The number of hydrogen-bond donors (Lipinski definition) is 3. The van der Waals surface area contributed by atoms with Gasteiger partial charge in [0.25, 0.3) is 0 Å². The Balaban J connectivity index is 1.76. The fourth-order valence-electron chi connectivity index (χ4n) is 2.42. The molecule has 1 fully saturated rings. The van der Waals surface area contributed by atoms with Crippen molar-refractivity contribution in [2.75, 3.05) is 19.6 Å². The summed E-state index contributed by atoms with van der Waals surface area (Å²) in [6.07, 6.45) is 3.45. The molecule has 0 spiro atoms. The molecule has 114 valence electrons. The van der Waals surface area contributed by atoms with Gasteiger partial charge in [0.1, 0.15) is 0 Å². The molecule has 1 amide bonds. The molecule has 6 heteroatoms. The van der Waals surface area contributed by atoms with E-state index >= 15 is 0 Å². The molecule has 1 aromatic rings. The zero-order valence-electron chi connectivity index (χ0n) is 12.1. The zero-order valence-corrected chi connectivity index (χ0v) is 12.1. The Kier molecular flexibility index (Phi) is 5.57. The van der Waals surface area contributed by atoms with E-state index in [-0.39, 0.29) is 11.7 Å². The third kappa shape index (κ3) is 4.46. The van der Waals surface area contributed by atoms with Gasteiger partial charge in [-0.2, -0.15) is 0 Å². The molecule has 0 bridgehead atoms. The Bertz CT molecular complexity index is 493. The summed E-state index contributed by atoms with van der Waals surface area (Å²) in [6.45, 7) is 2.75. The lowest BCUT2D eigenvalue weighted by atomic mass is 10.1. The van der Waals surface area contributed by atoms with Gasteiger partial charge in [-0.3, -0.25) is 4.79 Å². The monoisotopic (exact) mass is 290 g/mol. The van der Waals surface area contributed by atoms with Crippen molar-refractivity contribution in [2.24, 2.45) is 10.9 Å². The minimum Gasteiger partial charge on any atom is -0.409 e. The topological polar surface area (TPSA) is 91.0 Å². The van der Waals surface area contributed by atoms with E-state index in [9.17, 15) is 4.79 Å². The number of amidine groups is 1. The summed E-state index contributed by atoms with van der Waals surface area (Å²) in [5, 5.41) is 14.7. The van der Waals surface area contributed by atoms with Crippen molar-refractivity contribution >= 4 is 11.7 Å². The lowest BCUT2D eigenvalue weighted by Crippen LogP contribution is -2.40. The second-order valence-electron chi connectivity index (χ2n) is 5.23. The normalized spacial score (nSPS) is 16.0. The number of amides is 1. The van der Waals surface area contributed by atoms with Crippen molar-refractivity contribution in [3.63, 3.8) is 0 Å².